The van der Waals surface area contributed by atoms with Crippen molar-refractivity contribution in [1.29, 1.82) is 0 Å². The van der Waals surface area contributed by atoms with E-state index in [1.54, 1.807) is 12.3 Å². The fourth-order valence-electron chi connectivity index (χ4n) is 4.73. The maximum Gasteiger partial charge on any atom is 0.140 e. The standard InChI is InChI=1S/C21H23FN4/c22-13-16-6-5-15(14-24-16)7-12-26-19-8-11-25-10-2-4-18(25)20(19)17-3-1-9-23-21(17)26/h1,3,5-6,9,14,18H,2,4,7-8,10-13H2. The van der Waals surface area contributed by atoms with E-state index in [1.807, 2.05) is 12.3 Å². The van der Waals surface area contributed by atoms with Crippen LogP contribution in [0.5, 0.6) is 0 Å². The van der Waals surface area contributed by atoms with Crippen molar-refractivity contribution >= 4 is 11.0 Å². The lowest BCUT2D eigenvalue weighted by Gasteiger charge is -2.30. The molecule has 1 atom stereocenters. The van der Waals surface area contributed by atoms with Gasteiger partial charge in [0.2, 0.25) is 0 Å². The minimum Gasteiger partial charge on any atom is -0.329 e. The lowest BCUT2D eigenvalue weighted by Crippen LogP contribution is -2.31. The maximum absolute atomic E-state index is 12.7. The zero-order valence-corrected chi connectivity index (χ0v) is 14.9. The number of fused-ring (bicyclic) bond motifs is 5. The number of hydrogen-bond donors (Lipinski definition) is 0. The molecule has 3 aromatic rings. The highest BCUT2D eigenvalue weighted by Gasteiger charge is 2.35. The third-order valence-electron chi connectivity index (χ3n) is 5.95. The summed E-state index contributed by atoms with van der Waals surface area (Å²) >= 11 is 0. The molecule has 134 valence electrons. The number of hydrogen-bond acceptors (Lipinski definition) is 3. The molecular weight excluding hydrogens is 327 g/mol. The number of halogens is 1. The normalized spacial score (nSPS) is 19.7. The molecule has 5 rings (SSSR count). The van der Waals surface area contributed by atoms with E-state index in [0.717, 1.165) is 37.1 Å². The van der Waals surface area contributed by atoms with Gasteiger partial charge in [-0.2, -0.15) is 0 Å². The van der Waals surface area contributed by atoms with Gasteiger partial charge in [0, 0.05) is 49.0 Å². The van der Waals surface area contributed by atoms with Gasteiger partial charge in [-0.25, -0.2) is 9.37 Å². The van der Waals surface area contributed by atoms with Crippen molar-refractivity contribution in [2.24, 2.45) is 0 Å². The minimum atomic E-state index is -0.502. The lowest BCUT2D eigenvalue weighted by molar-refractivity contribution is 0.242. The van der Waals surface area contributed by atoms with Crippen molar-refractivity contribution in [1.82, 2.24) is 19.4 Å². The van der Waals surface area contributed by atoms with Crippen LogP contribution >= 0.6 is 0 Å². The highest BCUT2D eigenvalue weighted by molar-refractivity contribution is 5.83. The van der Waals surface area contributed by atoms with E-state index < -0.39 is 6.67 Å². The number of alkyl halides is 1. The van der Waals surface area contributed by atoms with Crippen molar-refractivity contribution < 1.29 is 4.39 Å². The van der Waals surface area contributed by atoms with Gasteiger partial charge in [0.1, 0.15) is 12.3 Å². The van der Waals surface area contributed by atoms with E-state index >= 15 is 0 Å². The molecule has 2 aliphatic rings. The molecule has 0 aromatic carbocycles. The molecule has 2 aliphatic heterocycles. The maximum atomic E-state index is 12.7. The van der Waals surface area contributed by atoms with Crippen LogP contribution in [0.2, 0.25) is 0 Å². The molecule has 0 amide bonds. The Kier molecular flexibility index (Phi) is 3.97. The number of aryl methyl sites for hydroxylation is 2. The summed E-state index contributed by atoms with van der Waals surface area (Å²) in [6.07, 6.45) is 8.24. The van der Waals surface area contributed by atoms with Crippen LogP contribution in [-0.4, -0.2) is 32.5 Å². The minimum absolute atomic E-state index is 0.500. The summed E-state index contributed by atoms with van der Waals surface area (Å²) in [4.78, 5) is 11.5. The van der Waals surface area contributed by atoms with Crippen molar-refractivity contribution in [2.75, 3.05) is 13.1 Å². The summed E-state index contributed by atoms with van der Waals surface area (Å²) < 4.78 is 15.1. The lowest BCUT2D eigenvalue weighted by atomic mass is 9.96. The van der Waals surface area contributed by atoms with Crippen LogP contribution in [0.25, 0.3) is 11.0 Å². The van der Waals surface area contributed by atoms with Crippen LogP contribution in [-0.2, 0) is 26.1 Å². The van der Waals surface area contributed by atoms with Crippen LogP contribution in [0.3, 0.4) is 0 Å². The van der Waals surface area contributed by atoms with E-state index in [2.05, 4.69) is 26.6 Å². The molecule has 0 spiro atoms. The van der Waals surface area contributed by atoms with E-state index in [9.17, 15) is 4.39 Å². The summed E-state index contributed by atoms with van der Waals surface area (Å²) in [6.45, 7) is 2.77. The average Bonchev–Trinajstić information content (AvgIpc) is 3.29. The molecule has 0 aliphatic carbocycles. The molecule has 1 saturated heterocycles. The molecule has 5 heteroatoms. The molecule has 1 unspecified atom stereocenters. The second-order valence-electron chi connectivity index (χ2n) is 7.37. The highest BCUT2D eigenvalue weighted by Crippen LogP contribution is 2.42. The van der Waals surface area contributed by atoms with E-state index in [1.165, 1.54) is 36.0 Å². The molecule has 4 nitrogen and oxygen atoms in total. The fraction of sp³-hybridized carbons (Fsp3) is 0.429. The Labute approximate surface area is 152 Å². The van der Waals surface area contributed by atoms with Crippen molar-refractivity contribution in [2.45, 2.75) is 44.9 Å². The van der Waals surface area contributed by atoms with Crippen molar-refractivity contribution in [3.63, 3.8) is 0 Å². The molecule has 0 saturated carbocycles. The first kappa shape index (κ1) is 15.9. The zero-order valence-electron chi connectivity index (χ0n) is 14.9. The summed E-state index contributed by atoms with van der Waals surface area (Å²) in [5.74, 6) is 0. The van der Waals surface area contributed by atoms with Gasteiger partial charge in [-0.1, -0.05) is 6.07 Å². The van der Waals surface area contributed by atoms with Gasteiger partial charge < -0.3 is 4.57 Å². The number of nitrogens with zero attached hydrogens (tertiary/aromatic N) is 4. The Balaban J connectivity index is 1.51. The highest BCUT2D eigenvalue weighted by atomic mass is 19.1. The molecule has 3 aromatic heterocycles. The largest absolute Gasteiger partial charge is 0.329 e. The molecule has 0 N–H and O–H groups in total. The predicted molar refractivity (Wildman–Crippen MR) is 99.7 cm³/mol. The van der Waals surface area contributed by atoms with Crippen LogP contribution in [0.4, 0.5) is 4.39 Å². The van der Waals surface area contributed by atoms with E-state index in [4.69, 9.17) is 4.98 Å². The summed E-state index contributed by atoms with van der Waals surface area (Å²) in [5, 5.41) is 1.32. The third-order valence-corrected chi connectivity index (χ3v) is 5.95. The van der Waals surface area contributed by atoms with Crippen LogP contribution < -0.4 is 0 Å². The van der Waals surface area contributed by atoms with Crippen LogP contribution in [0.15, 0.2) is 36.7 Å². The smallest absolute Gasteiger partial charge is 0.140 e. The van der Waals surface area contributed by atoms with Gasteiger partial charge in [-0.15, -0.1) is 0 Å². The van der Waals surface area contributed by atoms with Crippen molar-refractivity contribution in [3.05, 3.63) is 59.2 Å². The Morgan fingerprint density at radius 1 is 1.15 bits per heavy atom. The second-order valence-corrected chi connectivity index (χ2v) is 7.37. The van der Waals surface area contributed by atoms with Gasteiger partial charge in [0.05, 0.1) is 5.69 Å². The molecule has 1 fully saturated rings. The molecule has 0 bridgehead atoms. The first-order valence-corrected chi connectivity index (χ1v) is 9.55. The summed E-state index contributed by atoms with van der Waals surface area (Å²) in [5.41, 5.74) is 5.74. The van der Waals surface area contributed by atoms with E-state index in [0.29, 0.717) is 11.7 Å². The Morgan fingerprint density at radius 3 is 2.96 bits per heavy atom. The van der Waals surface area contributed by atoms with Crippen molar-refractivity contribution in [3.8, 4) is 0 Å². The first-order valence-electron chi connectivity index (χ1n) is 9.55. The van der Waals surface area contributed by atoms with Gasteiger partial charge in [0.25, 0.3) is 0 Å². The molecule has 26 heavy (non-hydrogen) atoms. The predicted octanol–water partition coefficient (Wildman–Crippen LogP) is 3.84. The van der Waals surface area contributed by atoms with Gasteiger partial charge >= 0.3 is 0 Å². The Bertz CT molecular complexity index is 931. The van der Waals surface area contributed by atoms with Gasteiger partial charge in [-0.3, -0.25) is 9.88 Å². The Morgan fingerprint density at radius 2 is 2.12 bits per heavy atom. The Hall–Kier alpha value is -2.27. The fourth-order valence-corrected chi connectivity index (χ4v) is 4.73. The van der Waals surface area contributed by atoms with E-state index in [-0.39, 0.29) is 0 Å². The topological polar surface area (TPSA) is 34.0 Å². The van der Waals surface area contributed by atoms with Crippen LogP contribution in [0, 0.1) is 0 Å². The molecule has 0 radical (unpaired) electrons. The quantitative estimate of drug-likeness (QED) is 0.717. The summed E-state index contributed by atoms with van der Waals surface area (Å²) in [6, 6.07) is 8.63. The number of aromatic nitrogens is 3. The first-order chi connectivity index (χ1) is 12.8. The second kappa shape index (κ2) is 6.47. The third kappa shape index (κ3) is 2.53. The summed E-state index contributed by atoms with van der Waals surface area (Å²) in [7, 11) is 0. The average molecular weight is 350 g/mol. The number of rotatable bonds is 4. The van der Waals surface area contributed by atoms with Crippen LogP contribution in [0.1, 0.15) is 41.4 Å². The molecule has 5 heterocycles. The zero-order chi connectivity index (χ0) is 17.5. The molecular formula is C21H23FN4. The van der Waals surface area contributed by atoms with Gasteiger partial charge in [0.15, 0.2) is 0 Å². The van der Waals surface area contributed by atoms with Gasteiger partial charge in [-0.05, 0) is 55.1 Å². The SMILES string of the molecule is FCc1ccc(CCn2c3c(c4cccnc42)C2CCCN2CC3)cn1. The monoisotopic (exact) mass is 350 g/mol. The number of pyridine rings is 2.